The lowest BCUT2D eigenvalue weighted by atomic mass is 10.0. The molecule has 0 saturated heterocycles. The number of carboxylic acids is 1. The molecule has 0 bridgehead atoms. The molecule has 0 heterocycles. The molecule has 0 aromatic rings. The van der Waals surface area contributed by atoms with Crippen LogP contribution in [0.2, 0.25) is 0 Å². The van der Waals surface area contributed by atoms with E-state index in [0.29, 0.717) is 23.9 Å². The molecule has 2 atom stereocenters. The number of nitrogens with zero attached hydrogens (tertiary/aromatic N) is 1. The second-order valence-electron chi connectivity index (χ2n) is 21.6. The highest BCUT2D eigenvalue weighted by molar-refractivity contribution is 5.71. The number of hydrogen-bond acceptors (Lipinski definition) is 7. The lowest BCUT2D eigenvalue weighted by molar-refractivity contribution is -0.870. The number of carboxylic acid groups (broad SMARTS) is 1. The van der Waals surface area contributed by atoms with Gasteiger partial charge in [0.2, 0.25) is 0 Å². The van der Waals surface area contributed by atoms with Crippen LogP contribution in [0.4, 0.5) is 0 Å². The van der Waals surface area contributed by atoms with E-state index in [1.54, 1.807) is 0 Å². The van der Waals surface area contributed by atoms with Crippen LogP contribution >= 0.6 is 0 Å². The van der Waals surface area contributed by atoms with Gasteiger partial charge in [-0.2, -0.15) is 0 Å². The van der Waals surface area contributed by atoms with E-state index in [2.05, 4.69) is 123 Å². The highest BCUT2D eigenvalue weighted by Crippen LogP contribution is 2.16. The molecular weight excluding hydrogens is 959 g/mol. The fraction of sp³-hybridized carbons (Fsp3) is 0.691. The van der Waals surface area contributed by atoms with Crippen molar-refractivity contribution in [2.45, 2.75) is 257 Å². The summed E-state index contributed by atoms with van der Waals surface area (Å²) in [5, 5.41) is 9.70. The summed E-state index contributed by atoms with van der Waals surface area (Å²) in [5.41, 5.74) is 0. The first-order valence-electron chi connectivity index (χ1n) is 31.1. The van der Waals surface area contributed by atoms with E-state index in [1.165, 1.54) is 109 Å². The van der Waals surface area contributed by atoms with Crippen molar-refractivity contribution in [3.63, 3.8) is 0 Å². The van der Waals surface area contributed by atoms with E-state index < -0.39 is 24.3 Å². The van der Waals surface area contributed by atoms with Crippen LogP contribution in [-0.4, -0.2) is 87.4 Å². The smallest absolute Gasteiger partial charge is 0.361 e. The van der Waals surface area contributed by atoms with E-state index in [0.717, 1.165) is 103 Å². The lowest BCUT2D eigenvalue weighted by Gasteiger charge is -2.25. The molecule has 0 saturated carbocycles. The van der Waals surface area contributed by atoms with Crippen molar-refractivity contribution in [1.82, 2.24) is 0 Å². The van der Waals surface area contributed by atoms with Crippen molar-refractivity contribution in [2.75, 3.05) is 47.5 Å². The third-order valence-corrected chi connectivity index (χ3v) is 13.0. The number of unbranched alkanes of at least 4 members (excludes halogenated alkanes) is 23. The minimum absolute atomic E-state index is 0.183. The van der Waals surface area contributed by atoms with Crippen LogP contribution in [0.3, 0.4) is 0 Å². The van der Waals surface area contributed by atoms with Gasteiger partial charge in [-0.3, -0.25) is 9.59 Å². The molecule has 9 nitrogen and oxygen atoms in total. The number of ether oxygens (including phenoxy) is 4. The van der Waals surface area contributed by atoms with Gasteiger partial charge in [0.1, 0.15) is 13.2 Å². The number of aliphatic carboxylic acids is 1. The maximum absolute atomic E-state index is 12.9. The highest BCUT2D eigenvalue weighted by atomic mass is 16.7. The van der Waals surface area contributed by atoms with E-state index in [-0.39, 0.29) is 32.2 Å². The Bertz CT molecular complexity index is 1630. The van der Waals surface area contributed by atoms with E-state index in [1.807, 2.05) is 21.1 Å². The molecule has 0 aromatic heterocycles. The first-order valence-corrected chi connectivity index (χ1v) is 31.1. The predicted molar refractivity (Wildman–Crippen MR) is 327 cm³/mol. The van der Waals surface area contributed by atoms with Crippen molar-refractivity contribution in [2.24, 2.45) is 0 Å². The molecule has 0 aliphatic carbocycles. The van der Waals surface area contributed by atoms with Gasteiger partial charge in [-0.1, -0.05) is 258 Å². The first kappa shape index (κ1) is 73.0. The van der Waals surface area contributed by atoms with Gasteiger partial charge in [-0.15, -0.1) is 0 Å². The van der Waals surface area contributed by atoms with Gasteiger partial charge in [0.25, 0.3) is 6.29 Å². The second kappa shape index (κ2) is 58.1. The molecule has 0 radical (unpaired) electrons. The first-order chi connectivity index (χ1) is 37.6. The number of carbonyl (C=O) groups excluding carboxylic acids is 2. The Balaban J connectivity index is 4.17. The molecule has 0 rings (SSSR count). The Morgan fingerprint density at radius 3 is 1.10 bits per heavy atom. The van der Waals surface area contributed by atoms with Gasteiger partial charge in [0, 0.05) is 12.8 Å². The summed E-state index contributed by atoms with van der Waals surface area (Å²) in [7, 11) is 5.96. The topological polar surface area (TPSA) is 108 Å². The predicted octanol–water partition coefficient (Wildman–Crippen LogP) is 18.7. The van der Waals surface area contributed by atoms with Crippen molar-refractivity contribution in [3.05, 3.63) is 109 Å². The minimum Gasteiger partial charge on any atom is -0.477 e. The van der Waals surface area contributed by atoms with Gasteiger partial charge in [0.05, 0.1) is 34.4 Å². The van der Waals surface area contributed by atoms with Crippen LogP contribution in [0.15, 0.2) is 109 Å². The molecular formula is C68H116NO8+. The van der Waals surface area contributed by atoms with Crippen LogP contribution in [-0.2, 0) is 33.3 Å². The molecule has 9 heteroatoms. The molecule has 0 aliphatic rings. The van der Waals surface area contributed by atoms with Crippen molar-refractivity contribution in [3.8, 4) is 0 Å². The molecule has 440 valence electrons. The van der Waals surface area contributed by atoms with Crippen molar-refractivity contribution < 1.29 is 42.9 Å². The number of carbonyl (C=O) groups is 3. The number of rotatable bonds is 56. The van der Waals surface area contributed by atoms with Crippen LogP contribution < -0.4 is 0 Å². The Labute approximate surface area is 473 Å². The molecule has 0 aromatic carbocycles. The van der Waals surface area contributed by atoms with E-state index in [9.17, 15) is 19.5 Å². The second-order valence-corrected chi connectivity index (χ2v) is 21.6. The Kier molecular flexibility index (Phi) is 55.1. The molecule has 0 aliphatic heterocycles. The Hall–Kier alpha value is -4.05. The number of hydrogen-bond donors (Lipinski definition) is 1. The third-order valence-electron chi connectivity index (χ3n) is 13.0. The van der Waals surface area contributed by atoms with Crippen molar-refractivity contribution in [1.29, 1.82) is 0 Å². The van der Waals surface area contributed by atoms with Crippen LogP contribution in [0.25, 0.3) is 0 Å². The number of likely N-dealkylation sites (N-methyl/N-ethyl adjacent to an activating group) is 1. The molecule has 2 unspecified atom stereocenters. The molecule has 0 amide bonds. The summed E-state index contributed by atoms with van der Waals surface area (Å²) in [5.74, 6) is -2.01. The number of esters is 2. The molecule has 0 fully saturated rings. The summed E-state index contributed by atoms with van der Waals surface area (Å²) in [6, 6.07) is 0. The summed E-state index contributed by atoms with van der Waals surface area (Å²) in [6.07, 6.45) is 77.5. The standard InChI is InChI=1S/C68H115NO8/c1-6-8-10-12-14-16-18-20-22-23-24-25-26-27-28-29-30-31-32-33-34-35-36-37-38-39-40-41-42-43-45-47-49-51-53-55-57-59-66(71)77-64(63-76-68(67(72)73)74-61-60-69(3,4)5)62-75-65(70)58-56-54-52-50-48-46-44-21-19-17-15-13-11-9-7-2/h8,10,14,16,20,22,24-25,27-28,30-31,33-34,36-37,39-40,64,68H,6-7,9,11-13,15,17-19,21,23,26,29,32,35,38,41-63H2,1-5H3/p+1/b10-8-,16-14-,22-20-,25-24-,28-27-,31-30-,34-33-,37-36-,40-39-. The van der Waals surface area contributed by atoms with Gasteiger partial charge < -0.3 is 28.5 Å². The van der Waals surface area contributed by atoms with E-state index >= 15 is 0 Å². The van der Waals surface area contributed by atoms with Gasteiger partial charge in [-0.25, -0.2) is 4.79 Å². The quantitative estimate of drug-likeness (QED) is 0.0211. The van der Waals surface area contributed by atoms with E-state index in [4.69, 9.17) is 18.9 Å². The lowest BCUT2D eigenvalue weighted by Crippen LogP contribution is -2.40. The van der Waals surface area contributed by atoms with Crippen LogP contribution in [0.5, 0.6) is 0 Å². The average Bonchev–Trinajstić information content (AvgIpc) is 3.40. The Morgan fingerprint density at radius 1 is 0.403 bits per heavy atom. The average molecular weight is 1080 g/mol. The van der Waals surface area contributed by atoms with Crippen molar-refractivity contribution >= 4 is 17.9 Å². The molecule has 77 heavy (non-hydrogen) atoms. The molecule has 0 spiro atoms. The monoisotopic (exact) mass is 1070 g/mol. The summed E-state index contributed by atoms with van der Waals surface area (Å²) in [6.45, 7) is 4.76. The fourth-order valence-electron chi connectivity index (χ4n) is 8.30. The zero-order valence-electron chi connectivity index (χ0n) is 50.1. The number of allylic oxidation sites excluding steroid dienone is 18. The fourth-order valence-corrected chi connectivity index (χ4v) is 8.30. The number of quaternary nitrogens is 1. The van der Waals surface area contributed by atoms with Gasteiger partial charge in [0.15, 0.2) is 6.10 Å². The zero-order valence-corrected chi connectivity index (χ0v) is 50.1. The summed E-state index contributed by atoms with van der Waals surface area (Å²) in [4.78, 5) is 37.4. The third kappa shape index (κ3) is 59.5. The minimum atomic E-state index is -1.52. The molecule has 1 N–H and O–H groups in total. The van der Waals surface area contributed by atoms with Crippen LogP contribution in [0, 0.1) is 0 Å². The van der Waals surface area contributed by atoms with Gasteiger partial charge in [-0.05, 0) is 83.5 Å². The Morgan fingerprint density at radius 2 is 0.740 bits per heavy atom. The largest absolute Gasteiger partial charge is 0.477 e. The summed E-state index contributed by atoms with van der Waals surface area (Å²) < 4.78 is 22.9. The van der Waals surface area contributed by atoms with Crippen LogP contribution in [0.1, 0.15) is 245 Å². The SMILES string of the molecule is CC/C=C\C/C=C\C/C=C\C/C=C\C/C=C\C/C=C\C/C=C\C/C=C\C/C=C\CCCCCCCCCCCC(=O)OC(COC(=O)CCCCCCCCCCCCCCCCC)COC(OCC[N+](C)(C)C)C(=O)O. The maximum Gasteiger partial charge on any atom is 0.361 e. The highest BCUT2D eigenvalue weighted by Gasteiger charge is 2.25. The maximum atomic E-state index is 12.9. The normalized spacial score (nSPS) is 13.5. The summed E-state index contributed by atoms with van der Waals surface area (Å²) >= 11 is 0. The zero-order chi connectivity index (χ0) is 56.2. The van der Waals surface area contributed by atoms with Gasteiger partial charge >= 0.3 is 17.9 Å².